The maximum atomic E-state index is 12.6. The van der Waals surface area contributed by atoms with E-state index in [1.54, 1.807) is 0 Å². The maximum Gasteiger partial charge on any atom is 0.248 e. The standard InChI is InChI=1S/C23H33N3O3S2/c1-3-25(4-2)18-10-12-19(13-11-18)26-20-15-31(28,29)16-21(20)30-23(26)24-22(27)14-9-17-7-5-6-8-17/h10-13,17,20-21H,3-9,14-16H2,1-2H3/t20-,21-/m1/s1. The molecule has 0 N–H and O–H groups in total. The van der Waals surface area contributed by atoms with Crippen molar-refractivity contribution in [3.8, 4) is 0 Å². The van der Waals surface area contributed by atoms with Crippen molar-refractivity contribution in [2.45, 2.75) is 63.7 Å². The highest BCUT2D eigenvalue weighted by Gasteiger charge is 2.49. The summed E-state index contributed by atoms with van der Waals surface area (Å²) in [6.45, 7) is 6.12. The van der Waals surface area contributed by atoms with Crippen molar-refractivity contribution in [3.05, 3.63) is 24.3 Å². The molecule has 3 fully saturated rings. The molecule has 1 aromatic rings. The van der Waals surface area contributed by atoms with Gasteiger partial charge in [-0.1, -0.05) is 37.4 Å². The summed E-state index contributed by atoms with van der Waals surface area (Å²) in [7, 11) is -3.06. The van der Waals surface area contributed by atoms with Crippen LogP contribution in [0.25, 0.3) is 0 Å². The first-order chi connectivity index (χ1) is 14.9. The molecular formula is C23H33N3O3S2. The highest BCUT2D eigenvalue weighted by atomic mass is 32.2. The van der Waals surface area contributed by atoms with E-state index in [-0.39, 0.29) is 28.7 Å². The number of carbonyl (C=O) groups is 1. The van der Waals surface area contributed by atoms with Gasteiger partial charge in [-0.25, -0.2) is 8.42 Å². The van der Waals surface area contributed by atoms with Crippen molar-refractivity contribution in [2.75, 3.05) is 34.4 Å². The molecule has 2 saturated heterocycles. The van der Waals surface area contributed by atoms with E-state index in [0.29, 0.717) is 17.5 Å². The van der Waals surface area contributed by atoms with Crippen LogP contribution in [0.1, 0.15) is 52.4 Å². The minimum atomic E-state index is -3.06. The molecule has 6 nitrogen and oxygen atoms in total. The minimum Gasteiger partial charge on any atom is -0.372 e. The van der Waals surface area contributed by atoms with Crippen molar-refractivity contribution in [3.63, 3.8) is 0 Å². The summed E-state index contributed by atoms with van der Waals surface area (Å²) in [4.78, 5) is 21.4. The molecule has 4 rings (SSSR count). The molecule has 0 unspecified atom stereocenters. The number of hydrogen-bond donors (Lipinski definition) is 0. The van der Waals surface area contributed by atoms with Crippen LogP contribution < -0.4 is 9.80 Å². The molecule has 31 heavy (non-hydrogen) atoms. The van der Waals surface area contributed by atoms with Crippen LogP contribution in [0.15, 0.2) is 29.3 Å². The maximum absolute atomic E-state index is 12.6. The molecule has 1 aliphatic carbocycles. The van der Waals surface area contributed by atoms with Crippen LogP contribution >= 0.6 is 11.8 Å². The number of rotatable bonds is 7. The van der Waals surface area contributed by atoms with Gasteiger partial charge in [0.05, 0.1) is 17.5 Å². The molecule has 0 radical (unpaired) electrons. The fourth-order valence-electron chi connectivity index (χ4n) is 5.07. The van der Waals surface area contributed by atoms with Crippen molar-refractivity contribution >= 4 is 44.0 Å². The molecule has 0 bridgehead atoms. The second-order valence-electron chi connectivity index (χ2n) is 8.84. The molecular weight excluding hydrogens is 430 g/mol. The summed E-state index contributed by atoms with van der Waals surface area (Å²) in [6, 6.07) is 8.04. The SMILES string of the molecule is CCN(CC)c1ccc(N2C(=NC(=O)CCC3CCCC3)S[C@@H]3CS(=O)(=O)C[C@H]32)cc1. The Morgan fingerprint density at radius 3 is 2.45 bits per heavy atom. The van der Waals surface area contributed by atoms with Crippen molar-refractivity contribution in [2.24, 2.45) is 10.9 Å². The number of anilines is 2. The Bertz CT molecular complexity index is 920. The molecule has 0 aromatic heterocycles. The van der Waals surface area contributed by atoms with Crippen LogP contribution in [0.3, 0.4) is 0 Å². The lowest BCUT2D eigenvalue weighted by molar-refractivity contribution is -0.118. The van der Waals surface area contributed by atoms with Crippen LogP contribution in [0.2, 0.25) is 0 Å². The van der Waals surface area contributed by atoms with Gasteiger partial charge in [-0.05, 0) is 50.5 Å². The molecule has 1 saturated carbocycles. The number of aliphatic imine (C=N–C) groups is 1. The van der Waals surface area contributed by atoms with Gasteiger partial charge in [0, 0.05) is 36.1 Å². The van der Waals surface area contributed by atoms with E-state index in [1.165, 1.54) is 37.4 Å². The topological polar surface area (TPSA) is 70.0 Å². The van der Waals surface area contributed by atoms with Crippen molar-refractivity contribution in [1.29, 1.82) is 0 Å². The summed E-state index contributed by atoms with van der Waals surface area (Å²) in [5, 5.41) is 0.603. The molecule has 3 aliphatic rings. The number of thioether (sulfide) groups is 1. The van der Waals surface area contributed by atoms with Gasteiger partial charge in [0.15, 0.2) is 15.0 Å². The van der Waals surface area contributed by atoms with E-state index in [2.05, 4.69) is 35.9 Å². The van der Waals surface area contributed by atoms with Gasteiger partial charge >= 0.3 is 0 Å². The average Bonchev–Trinajstić information content (AvgIpc) is 3.43. The van der Waals surface area contributed by atoms with Crippen molar-refractivity contribution < 1.29 is 13.2 Å². The molecule has 170 valence electrons. The van der Waals surface area contributed by atoms with Gasteiger partial charge in [-0.2, -0.15) is 4.99 Å². The molecule has 2 heterocycles. The largest absolute Gasteiger partial charge is 0.372 e. The van der Waals surface area contributed by atoms with Gasteiger partial charge < -0.3 is 9.80 Å². The fraction of sp³-hybridized carbons (Fsp3) is 0.652. The van der Waals surface area contributed by atoms with Crippen LogP contribution in [-0.2, 0) is 14.6 Å². The van der Waals surface area contributed by atoms with E-state index in [0.717, 1.165) is 30.9 Å². The highest BCUT2D eigenvalue weighted by Crippen LogP contribution is 2.41. The van der Waals surface area contributed by atoms with Crippen LogP contribution in [0, 0.1) is 5.92 Å². The monoisotopic (exact) mass is 463 g/mol. The van der Waals surface area contributed by atoms with Crippen LogP contribution in [0.4, 0.5) is 11.4 Å². The zero-order valence-corrected chi connectivity index (χ0v) is 20.1. The van der Waals surface area contributed by atoms with Crippen LogP contribution in [-0.4, -0.2) is 55.4 Å². The fourth-order valence-corrected chi connectivity index (χ4v) is 9.00. The first kappa shape index (κ1) is 22.6. The molecule has 0 spiro atoms. The quantitative estimate of drug-likeness (QED) is 0.606. The number of nitrogens with zero attached hydrogens (tertiary/aromatic N) is 3. The van der Waals surface area contributed by atoms with Gasteiger partial charge in [-0.15, -0.1) is 0 Å². The average molecular weight is 464 g/mol. The lowest BCUT2D eigenvalue weighted by Gasteiger charge is -2.26. The predicted molar refractivity (Wildman–Crippen MR) is 130 cm³/mol. The number of benzene rings is 1. The highest BCUT2D eigenvalue weighted by molar-refractivity contribution is 8.16. The van der Waals surface area contributed by atoms with Gasteiger partial charge in [0.1, 0.15) is 0 Å². The molecule has 1 amide bonds. The second-order valence-corrected chi connectivity index (χ2v) is 12.2. The van der Waals surface area contributed by atoms with E-state index < -0.39 is 9.84 Å². The number of amidine groups is 1. The Kier molecular flexibility index (Phi) is 6.96. The third kappa shape index (κ3) is 5.11. The second kappa shape index (κ2) is 9.53. The molecule has 2 atom stereocenters. The summed E-state index contributed by atoms with van der Waals surface area (Å²) in [5.41, 5.74) is 2.05. The number of amides is 1. The van der Waals surface area contributed by atoms with E-state index in [1.807, 2.05) is 17.0 Å². The zero-order valence-electron chi connectivity index (χ0n) is 18.5. The lowest BCUT2D eigenvalue weighted by atomic mass is 10.0. The number of sulfone groups is 1. The Balaban J connectivity index is 1.55. The van der Waals surface area contributed by atoms with Crippen LogP contribution in [0.5, 0.6) is 0 Å². The molecule has 1 aromatic carbocycles. The third-order valence-corrected chi connectivity index (χ3v) is 9.99. The summed E-state index contributed by atoms with van der Waals surface area (Å²) < 4.78 is 24.5. The number of carbonyl (C=O) groups excluding carboxylic acids is 1. The molecule has 8 heteroatoms. The minimum absolute atomic E-state index is 0.0613. The molecule has 2 aliphatic heterocycles. The lowest BCUT2D eigenvalue weighted by Crippen LogP contribution is -2.37. The summed E-state index contributed by atoms with van der Waals surface area (Å²) >= 11 is 1.46. The first-order valence-corrected chi connectivity index (χ1v) is 14.2. The first-order valence-electron chi connectivity index (χ1n) is 11.5. The third-order valence-electron chi connectivity index (χ3n) is 6.78. The smallest absolute Gasteiger partial charge is 0.248 e. The summed E-state index contributed by atoms with van der Waals surface area (Å²) in [6.07, 6.45) is 6.41. The normalized spacial score (nSPS) is 26.5. The number of fused-ring (bicyclic) bond motifs is 1. The Hall–Kier alpha value is -1.54. The Labute approximate surface area is 190 Å². The van der Waals surface area contributed by atoms with E-state index in [9.17, 15) is 13.2 Å². The van der Waals surface area contributed by atoms with E-state index in [4.69, 9.17) is 0 Å². The van der Waals surface area contributed by atoms with Gasteiger partial charge in [0.2, 0.25) is 5.91 Å². The zero-order chi connectivity index (χ0) is 22.0. The van der Waals surface area contributed by atoms with E-state index >= 15 is 0 Å². The Morgan fingerprint density at radius 1 is 1.13 bits per heavy atom. The Morgan fingerprint density at radius 2 is 1.81 bits per heavy atom. The van der Waals surface area contributed by atoms with Gasteiger partial charge in [0.25, 0.3) is 0 Å². The number of hydrogen-bond acceptors (Lipinski definition) is 5. The van der Waals surface area contributed by atoms with Gasteiger partial charge in [-0.3, -0.25) is 4.79 Å². The summed E-state index contributed by atoms with van der Waals surface area (Å²) in [5.74, 6) is 0.860. The van der Waals surface area contributed by atoms with Crippen molar-refractivity contribution in [1.82, 2.24) is 0 Å². The predicted octanol–water partition coefficient (Wildman–Crippen LogP) is 4.10.